The second-order valence-corrected chi connectivity index (χ2v) is 6.12. The van der Waals surface area contributed by atoms with Crippen LogP contribution in [0.3, 0.4) is 0 Å². The molecule has 0 aliphatic carbocycles. The van der Waals surface area contributed by atoms with Gasteiger partial charge in [0.05, 0.1) is 12.0 Å². The zero-order valence-electron chi connectivity index (χ0n) is 12.3. The summed E-state index contributed by atoms with van der Waals surface area (Å²) in [5.41, 5.74) is 1.24. The Bertz CT molecular complexity index is 807. The molecule has 3 aromatic rings. The van der Waals surface area contributed by atoms with Crippen LogP contribution >= 0.6 is 11.6 Å². The van der Waals surface area contributed by atoms with Crippen LogP contribution in [0.2, 0.25) is 5.02 Å². The number of nitrogens with one attached hydrogen (secondary N) is 3. The van der Waals surface area contributed by atoms with E-state index in [1.165, 1.54) is 6.33 Å². The standard InChI is InChI=1S/C15H16ClN5O/c1-15(2,14-18-8-19-21-14)20-13(22)5-9-7-17-12-6-10(16)3-4-11(9)12/h3-4,6-8,17H,5H2,1-2H3,(H,20,22)(H,18,19,21). The number of amides is 1. The molecule has 0 aliphatic rings. The van der Waals surface area contributed by atoms with Gasteiger partial charge in [0.1, 0.15) is 12.2 Å². The van der Waals surface area contributed by atoms with E-state index in [1.54, 1.807) is 0 Å². The quantitative estimate of drug-likeness (QED) is 0.691. The van der Waals surface area contributed by atoms with Gasteiger partial charge in [-0.1, -0.05) is 17.7 Å². The van der Waals surface area contributed by atoms with E-state index in [-0.39, 0.29) is 12.3 Å². The van der Waals surface area contributed by atoms with E-state index >= 15 is 0 Å². The highest BCUT2D eigenvalue weighted by Gasteiger charge is 2.26. The Morgan fingerprint density at radius 1 is 1.41 bits per heavy atom. The van der Waals surface area contributed by atoms with Crippen molar-refractivity contribution in [2.45, 2.75) is 25.8 Å². The van der Waals surface area contributed by atoms with Crippen LogP contribution in [0.15, 0.2) is 30.7 Å². The van der Waals surface area contributed by atoms with Crippen LogP contribution in [-0.4, -0.2) is 26.1 Å². The van der Waals surface area contributed by atoms with Gasteiger partial charge in [-0.25, -0.2) is 4.98 Å². The van der Waals surface area contributed by atoms with Crippen molar-refractivity contribution in [3.63, 3.8) is 0 Å². The molecule has 0 bridgehead atoms. The minimum atomic E-state index is -0.608. The van der Waals surface area contributed by atoms with Gasteiger partial charge in [-0.05, 0) is 31.5 Å². The Labute approximate surface area is 132 Å². The molecule has 0 spiro atoms. The molecule has 0 fully saturated rings. The predicted molar refractivity (Wildman–Crippen MR) is 84.6 cm³/mol. The minimum Gasteiger partial charge on any atom is -0.361 e. The number of benzene rings is 1. The number of halogens is 1. The van der Waals surface area contributed by atoms with Gasteiger partial charge < -0.3 is 10.3 Å². The summed E-state index contributed by atoms with van der Waals surface area (Å²) in [6.07, 6.45) is 3.54. The molecule has 0 saturated heterocycles. The van der Waals surface area contributed by atoms with E-state index in [9.17, 15) is 4.79 Å². The normalized spacial score (nSPS) is 11.8. The van der Waals surface area contributed by atoms with Gasteiger partial charge in [-0.3, -0.25) is 9.89 Å². The summed E-state index contributed by atoms with van der Waals surface area (Å²) in [4.78, 5) is 19.5. The third-order valence-electron chi connectivity index (χ3n) is 3.54. The van der Waals surface area contributed by atoms with Crippen molar-refractivity contribution >= 4 is 28.4 Å². The summed E-state index contributed by atoms with van der Waals surface area (Å²) in [5.74, 6) is 0.531. The van der Waals surface area contributed by atoms with Crippen molar-refractivity contribution in [3.05, 3.63) is 47.1 Å². The van der Waals surface area contributed by atoms with E-state index in [0.717, 1.165) is 16.5 Å². The Balaban J connectivity index is 1.76. The predicted octanol–water partition coefficient (Wildman–Crippen LogP) is 2.53. The molecule has 3 rings (SSSR count). The van der Waals surface area contributed by atoms with Crippen LogP contribution in [0.5, 0.6) is 0 Å². The van der Waals surface area contributed by atoms with Crippen LogP contribution in [0.4, 0.5) is 0 Å². The molecule has 2 aromatic heterocycles. The van der Waals surface area contributed by atoms with Gasteiger partial charge in [0.25, 0.3) is 0 Å². The first-order chi connectivity index (χ1) is 10.5. The molecular weight excluding hydrogens is 302 g/mol. The van der Waals surface area contributed by atoms with E-state index in [4.69, 9.17) is 11.6 Å². The fourth-order valence-electron chi connectivity index (χ4n) is 2.44. The molecule has 22 heavy (non-hydrogen) atoms. The van der Waals surface area contributed by atoms with Crippen molar-refractivity contribution < 1.29 is 4.79 Å². The second-order valence-electron chi connectivity index (χ2n) is 5.69. The highest BCUT2D eigenvalue weighted by atomic mass is 35.5. The number of rotatable bonds is 4. The van der Waals surface area contributed by atoms with Gasteiger partial charge in [0.15, 0.2) is 0 Å². The number of fused-ring (bicyclic) bond motifs is 1. The smallest absolute Gasteiger partial charge is 0.225 e. The maximum atomic E-state index is 12.3. The fourth-order valence-corrected chi connectivity index (χ4v) is 2.61. The molecule has 1 amide bonds. The summed E-state index contributed by atoms with van der Waals surface area (Å²) in [6, 6.07) is 5.58. The van der Waals surface area contributed by atoms with Crippen LogP contribution in [0.1, 0.15) is 25.2 Å². The summed E-state index contributed by atoms with van der Waals surface area (Å²) >= 11 is 5.96. The minimum absolute atomic E-state index is 0.0859. The molecule has 0 saturated carbocycles. The molecule has 0 aliphatic heterocycles. The third-order valence-corrected chi connectivity index (χ3v) is 3.77. The lowest BCUT2D eigenvalue weighted by Gasteiger charge is -2.23. The molecular formula is C15H16ClN5O. The number of hydrogen-bond acceptors (Lipinski definition) is 3. The van der Waals surface area contributed by atoms with Gasteiger partial charge in [-0.2, -0.15) is 5.10 Å². The average molecular weight is 318 g/mol. The molecule has 6 nitrogen and oxygen atoms in total. The number of carbonyl (C=O) groups excluding carboxylic acids is 1. The van der Waals surface area contributed by atoms with Gasteiger partial charge in [0, 0.05) is 22.1 Å². The fraction of sp³-hybridized carbons (Fsp3) is 0.267. The largest absolute Gasteiger partial charge is 0.361 e. The van der Waals surface area contributed by atoms with Crippen LogP contribution in [0.25, 0.3) is 10.9 Å². The Kier molecular flexibility index (Phi) is 3.62. The van der Waals surface area contributed by atoms with Gasteiger partial charge in [-0.15, -0.1) is 0 Å². The number of carbonyl (C=O) groups is 1. The summed E-state index contributed by atoms with van der Waals surface area (Å²) in [7, 11) is 0. The summed E-state index contributed by atoms with van der Waals surface area (Å²) in [5, 5.41) is 11.2. The van der Waals surface area contributed by atoms with Crippen LogP contribution < -0.4 is 5.32 Å². The van der Waals surface area contributed by atoms with Gasteiger partial charge in [0.2, 0.25) is 5.91 Å². The SMILES string of the molecule is CC(C)(NC(=O)Cc1c[nH]c2cc(Cl)ccc12)c1ncn[nH]1. The van der Waals surface area contributed by atoms with Crippen molar-refractivity contribution in [3.8, 4) is 0 Å². The second kappa shape index (κ2) is 5.46. The molecule has 7 heteroatoms. The summed E-state index contributed by atoms with van der Waals surface area (Å²) in [6.45, 7) is 3.75. The first kappa shape index (κ1) is 14.6. The molecule has 114 valence electrons. The molecule has 3 N–H and O–H groups in total. The van der Waals surface area contributed by atoms with Crippen molar-refractivity contribution in [2.75, 3.05) is 0 Å². The average Bonchev–Trinajstić information content (AvgIpc) is 3.08. The van der Waals surface area contributed by atoms with E-state index in [0.29, 0.717) is 10.8 Å². The first-order valence-corrected chi connectivity index (χ1v) is 7.26. The Hall–Kier alpha value is -2.34. The monoisotopic (exact) mass is 317 g/mol. The molecule has 0 radical (unpaired) electrons. The number of aromatic amines is 2. The lowest BCUT2D eigenvalue weighted by molar-refractivity contribution is -0.122. The zero-order valence-corrected chi connectivity index (χ0v) is 13.0. The first-order valence-electron chi connectivity index (χ1n) is 6.88. The van der Waals surface area contributed by atoms with E-state index < -0.39 is 5.54 Å². The summed E-state index contributed by atoms with van der Waals surface area (Å²) < 4.78 is 0. The maximum Gasteiger partial charge on any atom is 0.225 e. The molecule has 0 atom stereocenters. The number of aromatic nitrogens is 4. The Morgan fingerprint density at radius 2 is 2.23 bits per heavy atom. The highest BCUT2D eigenvalue weighted by Crippen LogP contribution is 2.23. The third kappa shape index (κ3) is 2.82. The van der Waals surface area contributed by atoms with E-state index in [2.05, 4.69) is 25.5 Å². The molecule has 1 aromatic carbocycles. The Morgan fingerprint density at radius 3 is 2.95 bits per heavy atom. The lowest BCUT2D eigenvalue weighted by atomic mass is 10.0. The van der Waals surface area contributed by atoms with Crippen molar-refractivity contribution in [1.82, 2.24) is 25.5 Å². The van der Waals surface area contributed by atoms with Crippen molar-refractivity contribution in [1.29, 1.82) is 0 Å². The van der Waals surface area contributed by atoms with Crippen molar-refractivity contribution in [2.24, 2.45) is 0 Å². The molecule has 2 heterocycles. The van der Waals surface area contributed by atoms with Gasteiger partial charge >= 0.3 is 0 Å². The maximum absolute atomic E-state index is 12.3. The van der Waals surface area contributed by atoms with Crippen LogP contribution in [-0.2, 0) is 16.8 Å². The van der Waals surface area contributed by atoms with Crippen LogP contribution in [0, 0.1) is 0 Å². The number of H-pyrrole nitrogens is 2. The number of hydrogen-bond donors (Lipinski definition) is 3. The highest BCUT2D eigenvalue weighted by molar-refractivity contribution is 6.31. The number of nitrogens with zero attached hydrogens (tertiary/aromatic N) is 2. The zero-order chi connectivity index (χ0) is 15.7. The lowest BCUT2D eigenvalue weighted by Crippen LogP contribution is -2.42. The molecule has 0 unspecified atom stereocenters. The topological polar surface area (TPSA) is 86.5 Å². The van der Waals surface area contributed by atoms with E-state index in [1.807, 2.05) is 38.2 Å².